The molecule has 0 aliphatic carbocycles. The van der Waals surface area contributed by atoms with Crippen LogP contribution in [0.25, 0.3) is 0 Å². The highest BCUT2D eigenvalue weighted by molar-refractivity contribution is 7.13. The molecule has 0 spiro atoms. The molecule has 0 aliphatic heterocycles. The summed E-state index contributed by atoms with van der Waals surface area (Å²) in [6.07, 6.45) is 0. The molecule has 1 aromatic heterocycles. The molecular formula is C10H11NO2S. The van der Waals surface area contributed by atoms with Crippen LogP contribution in [0.4, 0.5) is 0 Å². The zero-order valence-corrected chi connectivity index (χ0v) is 9.20. The van der Waals surface area contributed by atoms with E-state index in [1.165, 1.54) is 11.3 Å². The molecule has 14 heavy (non-hydrogen) atoms. The molecule has 1 heterocycles. The molecule has 0 aromatic carbocycles. The number of aryl methyl sites for hydroxylation is 1. The number of thiophene rings is 1. The van der Waals surface area contributed by atoms with E-state index in [4.69, 9.17) is 10.00 Å². The van der Waals surface area contributed by atoms with E-state index < -0.39 is 0 Å². The molecule has 0 amide bonds. The van der Waals surface area contributed by atoms with Crippen LogP contribution < -0.4 is 0 Å². The standard InChI is InChI=1S/C10H11NO2S/c1-4-13-10(12)9-6(2)8(5-11)14-7(9)3/h4H2,1-3H3. The van der Waals surface area contributed by atoms with E-state index in [1.807, 2.05) is 6.92 Å². The van der Waals surface area contributed by atoms with Crippen molar-refractivity contribution in [2.24, 2.45) is 0 Å². The third kappa shape index (κ3) is 1.78. The Labute approximate surface area is 86.9 Å². The van der Waals surface area contributed by atoms with Gasteiger partial charge in [-0.15, -0.1) is 11.3 Å². The zero-order chi connectivity index (χ0) is 10.7. The molecule has 0 saturated heterocycles. The second kappa shape index (κ2) is 4.25. The van der Waals surface area contributed by atoms with Crippen molar-refractivity contribution >= 4 is 17.3 Å². The average Bonchev–Trinajstić information content (AvgIpc) is 2.41. The van der Waals surface area contributed by atoms with Gasteiger partial charge in [-0.1, -0.05) is 0 Å². The Morgan fingerprint density at radius 2 is 2.21 bits per heavy atom. The number of nitriles is 1. The van der Waals surface area contributed by atoms with Crippen LogP contribution >= 0.6 is 11.3 Å². The predicted molar refractivity (Wildman–Crippen MR) is 54.5 cm³/mol. The fourth-order valence-electron chi connectivity index (χ4n) is 1.27. The molecule has 4 heteroatoms. The molecule has 1 rings (SSSR count). The van der Waals surface area contributed by atoms with Gasteiger partial charge in [0, 0.05) is 4.88 Å². The van der Waals surface area contributed by atoms with Crippen molar-refractivity contribution in [1.82, 2.24) is 0 Å². The van der Waals surface area contributed by atoms with Gasteiger partial charge in [0.25, 0.3) is 0 Å². The Balaban J connectivity index is 3.15. The SMILES string of the molecule is CCOC(=O)c1c(C)sc(C#N)c1C. The first-order valence-electron chi connectivity index (χ1n) is 4.29. The largest absolute Gasteiger partial charge is 0.462 e. The number of nitrogens with zero attached hydrogens (tertiary/aromatic N) is 1. The first kappa shape index (κ1) is 10.7. The lowest BCUT2D eigenvalue weighted by Gasteiger charge is -2.01. The minimum absolute atomic E-state index is 0.333. The molecule has 0 saturated carbocycles. The summed E-state index contributed by atoms with van der Waals surface area (Å²) in [6, 6.07) is 2.06. The van der Waals surface area contributed by atoms with Crippen LogP contribution in [0.3, 0.4) is 0 Å². The van der Waals surface area contributed by atoms with Gasteiger partial charge in [0.2, 0.25) is 0 Å². The number of ether oxygens (including phenoxy) is 1. The number of hydrogen-bond acceptors (Lipinski definition) is 4. The van der Waals surface area contributed by atoms with E-state index in [0.717, 1.165) is 10.4 Å². The van der Waals surface area contributed by atoms with Gasteiger partial charge >= 0.3 is 5.97 Å². The summed E-state index contributed by atoms with van der Waals surface area (Å²) in [5, 5.41) is 8.78. The topological polar surface area (TPSA) is 50.1 Å². The number of esters is 1. The summed E-state index contributed by atoms with van der Waals surface area (Å²) in [7, 11) is 0. The number of carbonyl (C=O) groups is 1. The lowest BCUT2D eigenvalue weighted by molar-refractivity contribution is 0.0525. The Bertz CT molecular complexity index is 401. The van der Waals surface area contributed by atoms with E-state index in [9.17, 15) is 4.79 Å². The minimum Gasteiger partial charge on any atom is -0.462 e. The maximum absolute atomic E-state index is 11.5. The molecule has 0 fully saturated rings. The van der Waals surface area contributed by atoms with Crippen molar-refractivity contribution in [2.45, 2.75) is 20.8 Å². The zero-order valence-electron chi connectivity index (χ0n) is 8.38. The smallest absolute Gasteiger partial charge is 0.339 e. The van der Waals surface area contributed by atoms with Gasteiger partial charge in [-0.3, -0.25) is 0 Å². The molecule has 3 nitrogen and oxygen atoms in total. The van der Waals surface area contributed by atoms with Gasteiger partial charge in [-0.25, -0.2) is 4.79 Å². The summed E-state index contributed by atoms with van der Waals surface area (Å²) in [4.78, 5) is 12.9. The lowest BCUT2D eigenvalue weighted by Crippen LogP contribution is -2.06. The van der Waals surface area contributed by atoms with Crippen LogP contribution in [0, 0.1) is 25.2 Å². The van der Waals surface area contributed by atoms with Gasteiger partial charge in [0.05, 0.1) is 12.2 Å². The van der Waals surface area contributed by atoms with Crippen LogP contribution in [0.15, 0.2) is 0 Å². The quantitative estimate of drug-likeness (QED) is 0.703. The summed E-state index contributed by atoms with van der Waals surface area (Å²) in [5.74, 6) is -0.333. The first-order valence-corrected chi connectivity index (χ1v) is 5.10. The highest BCUT2D eigenvalue weighted by Crippen LogP contribution is 2.27. The molecule has 0 N–H and O–H groups in total. The van der Waals surface area contributed by atoms with Crippen molar-refractivity contribution < 1.29 is 9.53 Å². The van der Waals surface area contributed by atoms with Crippen molar-refractivity contribution in [3.8, 4) is 6.07 Å². The highest BCUT2D eigenvalue weighted by Gasteiger charge is 2.19. The van der Waals surface area contributed by atoms with Crippen LogP contribution in [0.1, 0.15) is 32.6 Å². The molecule has 0 atom stereocenters. The van der Waals surface area contributed by atoms with Crippen molar-refractivity contribution in [3.63, 3.8) is 0 Å². The summed E-state index contributed by atoms with van der Waals surface area (Å²) < 4.78 is 4.91. The van der Waals surface area contributed by atoms with E-state index >= 15 is 0 Å². The molecule has 0 bridgehead atoms. The summed E-state index contributed by atoms with van der Waals surface area (Å²) in [6.45, 7) is 5.72. The highest BCUT2D eigenvalue weighted by atomic mass is 32.1. The Morgan fingerprint density at radius 3 is 2.64 bits per heavy atom. The van der Waals surface area contributed by atoms with Gasteiger partial charge in [0.15, 0.2) is 0 Å². The fraction of sp³-hybridized carbons (Fsp3) is 0.400. The predicted octanol–water partition coefficient (Wildman–Crippen LogP) is 2.41. The minimum atomic E-state index is -0.333. The molecule has 0 aliphatic rings. The van der Waals surface area contributed by atoms with E-state index in [-0.39, 0.29) is 5.97 Å². The Hall–Kier alpha value is -1.34. The van der Waals surface area contributed by atoms with Crippen LogP contribution in [0.2, 0.25) is 0 Å². The second-order valence-corrected chi connectivity index (χ2v) is 4.04. The van der Waals surface area contributed by atoms with E-state index in [2.05, 4.69) is 6.07 Å². The fourth-order valence-corrected chi connectivity index (χ4v) is 2.21. The van der Waals surface area contributed by atoms with Gasteiger partial charge in [-0.2, -0.15) is 5.26 Å². The average molecular weight is 209 g/mol. The molecule has 0 unspecified atom stereocenters. The number of hydrogen-bond donors (Lipinski definition) is 0. The molecular weight excluding hydrogens is 198 g/mol. The summed E-state index contributed by atoms with van der Waals surface area (Å²) >= 11 is 1.33. The van der Waals surface area contributed by atoms with Crippen LogP contribution in [-0.2, 0) is 4.74 Å². The summed E-state index contributed by atoms with van der Waals surface area (Å²) in [5.41, 5.74) is 1.28. The Morgan fingerprint density at radius 1 is 1.57 bits per heavy atom. The van der Waals surface area contributed by atoms with Gasteiger partial charge < -0.3 is 4.74 Å². The lowest BCUT2D eigenvalue weighted by atomic mass is 10.1. The Kier molecular flexibility index (Phi) is 3.26. The number of rotatable bonds is 2. The van der Waals surface area contributed by atoms with Crippen molar-refractivity contribution in [1.29, 1.82) is 5.26 Å². The maximum Gasteiger partial charge on any atom is 0.339 e. The molecule has 1 aromatic rings. The normalized spacial score (nSPS) is 9.57. The van der Waals surface area contributed by atoms with Crippen LogP contribution in [0.5, 0.6) is 0 Å². The third-order valence-corrected chi connectivity index (χ3v) is 3.02. The monoisotopic (exact) mass is 209 g/mol. The molecule has 0 radical (unpaired) electrons. The van der Waals surface area contributed by atoms with Crippen molar-refractivity contribution in [3.05, 3.63) is 20.9 Å². The van der Waals surface area contributed by atoms with Gasteiger partial charge in [-0.05, 0) is 26.3 Å². The first-order chi connectivity index (χ1) is 6.61. The van der Waals surface area contributed by atoms with E-state index in [1.54, 1.807) is 13.8 Å². The van der Waals surface area contributed by atoms with Crippen LogP contribution in [-0.4, -0.2) is 12.6 Å². The van der Waals surface area contributed by atoms with Crippen molar-refractivity contribution in [2.75, 3.05) is 6.61 Å². The maximum atomic E-state index is 11.5. The number of carbonyl (C=O) groups excluding carboxylic acids is 1. The third-order valence-electron chi connectivity index (χ3n) is 1.90. The molecule has 74 valence electrons. The van der Waals surface area contributed by atoms with E-state index in [0.29, 0.717) is 17.0 Å². The second-order valence-electron chi connectivity index (χ2n) is 2.82. The van der Waals surface area contributed by atoms with Gasteiger partial charge in [0.1, 0.15) is 10.9 Å².